The van der Waals surface area contributed by atoms with Crippen LogP contribution in [0.15, 0.2) is 48.5 Å². The van der Waals surface area contributed by atoms with Gasteiger partial charge in [-0.25, -0.2) is 4.79 Å². The first-order chi connectivity index (χ1) is 13.7. The Morgan fingerprint density at radius 2 is 1.59 bits per heavy atom. The van der Waals surface area contributed by atoms with Crippen molar-refractivity contribution in [2.24, 2.45) is 0 Å². The van der Waals surface area contributed by atoms with Crippen molar-refractivity contribution < 1.29 is 24.2 Å². The zero-order valence-electron chi connectivity index (χ0n) is 17.0. The molecule has 1 amide bonds. The van der Waals surface area contributed by atoms with Crippen LogP contribution in [-0.4, -0.2) is 42.0 Å². The van der Waals surface area contributed by atoms with Crippen LogP contribution in [0.2, 0.25) is 0 Å². The van der Waals surface area contributed by atoms with Gasteiger partial charge in [0.25, 0.3) is 0 Å². The second kappa shape index (κ2) is 8.66. The Morgan fingerprint density at radius 1 is 1.03 bits per heavy atom. The van der Waals surface area contributed by atoms with E-state index in [0.717, 1.165) is 22.3 Å². The molecule has 0 saturated carbocycles. The van der Waals surface area contributed by atoms with Crippen molar-refractivity contribution in [3.05, 3.63) is 59.7 Å². The SMILES string of the molecule is CC(C)(C)OCC(CC(=O)O)NC(=O)OCC1c2ccccc2-c2ccccc21. The van der Waals surface area contributed by atoms with Crippen molar-refractivity contribution in [3.8, 4) is 11.1 Å². The molecular formula is C23H27NO5. The van der Waals surface area contributed by atoms with Gasteiger partial charge in [0, 0.05) is 5.92 Å². The van der Waals surface area contributed by atoms with Crippen LogP contribution in [0, 0.1) is 0 Å². The van der Waals surface area contributed by atoms with E-state index >= 15 is 0 Å². The molecule has 154 valence electrons. The minimum absolute atomic E-state index is 0.0445. The Bertz CT molecular complexity index is 841. The number of hydrogen-bond donors (Lipinski definition) is 2. The first kappa shape index (κ1) is 20.9. The van der Waals surface area contributed by atoms with Crippen LogP contribution in [0.25, 0.3) is 11.1 Å². The number of carbonyl (C=O) groups excluding carboxylic acids is 1. The molecule has 6 nitrogen and oxygen atoms in total. The lowest BCUT2D eigenvalue weighted by Crippen LogP contribution is -2.42. The number of aliphatic carboxylic acids is 1. The van der Waals surface area contributed by atoms with Gasteiger partial charge in [-0.05, 0) is 43.0 Å². The average Bonchev–Trinajstić information content (AvgIpc) is 2.97. The van der Waals surface area contributed by atoms with Crippen LogP contribution in [-0.2, 0) is 14.3 Å². The Balaban J connectivity index is 1.64. The van der Waals surface area contributed by atoms with Gasteiger partial charge in [0.05, 0.1) is 24.7 Å². The van der Waals surface area contributed by atoms with Crippen molar-refractivity contribution in [3.63, 3.8) is 0 Å². The van der Waals surface area contributed by atoms with Gasteiger partial charge in [-0.2, -0.15) is 0 Å². The van der Waals surface area contributed by atoms with Gasteiger partial charge in [0.15, 0.2) is 0 Å². The minimum atomic E-state index is -1.01. The highest BCUT2D eigenvalue weighted by atomic mass is 16.5. The van der Waals surface area contributed by atoms with Gasteiger partial charge in [-0.3, -0.25) is 4.79 Å². The maximum Gasteiger partial charge on any atom is 0.407 e. The summed E-state index contributed by atoms with van der Waals surface area (Å²) in [6.45, 7) is 5.90. The number of amides is 1. The fraction of sp³-hybridized carbons (Fsp3) is 0.391. The zero-order valence-corrected chi connectivity index (χ0v) is 17.0. The summed E-state index contributed by atoms with van der Waals surface area (Å²) in [4.78, 5) is 23.5. The quantitative estimate of drug-likeness (QED) is 0.732. The Hall–Kier alpha value is -2.86. The highest BCUT2D eigenvalue weighted by Gasteiger charge is 2.29. The lowest BCUT2D eigenvalue weighted by molar-refractivity contribution is -0.138. The molecule has 3 rings (SSSR count). The summed E-state index contributed by atoms with van der Waals surface area (Å²) >= 11 is 0. The molecule has 0 radical (unpaired) electrons. The van der Waals surface area contributed by atoms with Crippen LogP contribution in [0.5, 0.6) is 0 Å². The summed E-state index contributed by atoms with van der Waals surface area (Å²) in [5.74, 6) is -1.05. The molecule has 0 fully saturated rings. The number of carboxylic acid groups (broad SMARTS) is 1. The molecule has 1 aliphatic carbocycles. The fourth-order valence-corrected chi connectivity index (χ4v) is 3.52. The van der Waals surface area contributed by atoms with E-state index < -0.39 is 23.7 Å². The smallest absolute Gasteiger partial charge is 0.407 e. The van der Waals surface area contributed by atoms with Gasteiger partial charge < -0.3 is 19.9 Å². The molecule has 1 aliphatic rings. The van der Waals surface area contributed by atoms with E-state index in [2.05, 4.69) is 17.4 Å². The molecule has 2 aromatic carbocycles. The second-order valence-electron chi connectivity index (χ2n) is 8.19. The summed E-state index contributed by atoms with van der Waals surface area (Å²) in [7, 11) is 0. The minimum Gasteiger partial charge on any atom is -0.481 e. The molecule has 0 spiro atoms. The number of ether oxygens (including phenoxy) is 2. The average molecular weight is 397 g/mol. The van der Waals surface area contributed by atoms with Crippen LogP contribution >= 0.6 is 0 Å². The maximum absolute atomic E-state index is 12.4. The largest absolute Gasteiger partial charge is 0.481 e. The van der Waals surface area contributed by atoms with E-state index in [-0.39, 0.29) is 25.6 Å². The molecule has 0 aliphatic heterocycles. The molecule has 1 atom stereocenters. The van der Waals surface area contributed by atoms with Crippen molar-refractivity contribution in [2.45, 2.75) is 44.8 Å². The molecule has 6 heteroatoms. The van der Waals surface area contributed by atoms with E-state index in [9.17, 15) is 9.59 Å². The first-order valence-electron chi connectivity index (χ1n) is 9.72. The predicted octanol–water partition coefficient (Wildman–Crippen LogP) is 4.18. The van der Waals surface area contributed by atoms with E-state index in [4.69, 9.17) is 14.6 Å². The van der Waals surface area contributed by atoms with E-state index in [0.29, 0.717) is 0 Å². The first-order valence-corrected chi connectivity index (χ1v) is 9.72. The predicted molar refractivity (Wildman–Crippen MR) is 110 cm³/mol. The van der Waals surface area contributed by atoms with Crippen LogP contribution < -0.4 is 5.32 Å². The molecule has 2 aromatic rings. The number of carbonyl (C=O) groups is 2. The molecule has 0 bridgehead atoms. The van der Waals surface area contributed by atoms with Crippen molar-refractivity contribution in [2.75, 3.05) is 13.2 Å². The summed E-state index contributed by atoms with van der Waals surface area (Å²) in [6, 6.07) is 15.5. The van der Waals surface area contributed by atoms with Crippen molar-refractivity contribution in [1.29, 1.82) is 0 Å². The monoisotopic (exact) mass is 397 g/mol. The van der Waals surface area contributed by atoms with Gasteiger partial charge in [0.1, 0.15) is 6.61 Å². The van der Waals surface area contributed by atoms with Crippen LogP contribution in [0.4, 0.5) is 4.79 Å². The highest BCUT2D eigenvalue weighted by molar-refractivity contribution is 5.79. The highest BCUT2D eigenvalue weighted by Crippen LogP contribution is 2.44. The number of fused-ring (bicyclic) bond motifs is 3. The molecule has 0 aromatic heterocycles. The summed E-state index contributed by atoms with van der Waals surface area (Å²) in [5, 5.41) is 11.7. The van der Waals surface area contributed by atoms with Gasteiger partial charge in [-0.15, -0.1) is 0 Å². The van der Waals surface area contributed by atoms with Gasteiger partial charge in [0.2, 0.25) is 0 Å². The number of nitrogens with one attached hydrogen (secondary N) is 1. The Labute approximate surface area is 170 Å². The number of carboxylic acids is 1. The lowest BCUT2D eigenvalue weighted by Gasteiger charge is -2.24. The standard InChI is InChI=1S/C23H27NO5/c1-23(2,3)29-13-15(12-21(25)26)24-22(27)28-14-20-18-10-6-4-8-16(18)17-9-5-7-11-19(17)20/h4-11,15,20H,12-14H2,1-3H3,(H,24,27)(H,25,26). The zero-order chi connectivity index (χ0) is 21.0. The molecule has 29 heavy (non-hydrogen) atoms. The van der Waals surface area contributed by atoms with E-state index in [1.54, 1.807) is 0 Å². The number of hydrogen-bond acceptors (Lipinski definition) is 4. The topological polar surface area (TPSA) is 84.9 Å². The number of benzene rings is 2. The van der Waals surface area contributed by atoms with Crippen molar-refractivity contribution >= 4 is 12.1 Å². The third-order valence-corrected chi connectivity index (χ3v) is 4.80. The summed E-state index contributed by atoms with van der Waals surface area (Å²) < 4.78 is 11.1. The molecule has 1 unspecified atom stereocenters. The van der Waals surface area contributed by atoms with Crippen molar-refractivity contribution in [1.82, 2.24) is 5.32 Å². The normalized spacial score (nSPS) is 14.0. The number of rotatable bonds is 7. The fourth-order valence-electron chi connectivity index (χ4n) is 3.52. The summed E-state index contributed by atoms with van der Waals surface area (Å²) in [5.41, 5.74) is 4.12. The molecular weight excluding hydrogens is 370 g/mol. The van der Waals surface area contributed by atoms with E-state index in [1.807, 2.05) is 57.2 Å². The second-order valence-corrected chi connectivity index (χ2v) is 8.19. The maximum atomic E-state index is 12.4. The van der Waals surface area contributed by atoms with E-state index in [1.165, 1.54) is 0 Å². The summed E-state index contributed by atoms with van der Waals surface area (Å²) in [6.07, 6.45) is -0.879. The number of alkyl carbamates (subject to hydrolysis) is 1. The Kier molecular flexibility index (Phi) is 6.23. The molecule has 0 saturated heterocycles. The third kappa shape index (κ3) is 5.35. The van der Waals surface area contributed by atoms with Gasteiger partial charge >= 0.3 is 12.1 Å². The molecule has 0 heterocycles. The lowest BCUT2D eigenvalue weighted by atomic mass is 9.98. The molecule has 2 N–H and O–H groups in total. The Morgan fingerprint density at radius 3 is 2.10 bits per heavy atom. The third-order valence-electron chi connectivity index (χ3n) is 4.80. The van der Waals surface area contributed by atoms with Crippen LogP contribution in [0.3, 0.4) is 0 Å². The van der Waals surface area contributed by atoms with Crippen LogP contribution in [0.1, 0.15) is 44.2 Å². The van der Waals surface area contributed by atoms with Gasteiger partial charge in [-0.1, -0.05) is 48.5 Å².